The molecule has 2 heterocycles. The number of rotatable bonds is 3. The molecule has 2 aromatic carbocycles. The predicted molar refractivity (Wildman–Crippen MR) is 101 cm³/mol. The van der Waals surface area contributed by atoms with Gasteiger partial charge in [-0.3, -0.25) is 5.10 Å². The van der Waals surface area contributed by atoms with Crippen molar-refractivity contribution in [2.75, 3.05) is 7.11 Å². The molecule has 0 spiro atoms. The van der Waals surface area contributed by atoms with Crippen molar-refractivity contribution in [2.24, 2.45) is 5.73 Å². The lowest BCUT2D eigenvalue weighted by atomic mass is 9.83. The Kier molecular flexibility index (Phi) is 4.22. The zero-order valence-electron chi connectivity index (χ0n) is 14.4. The van der Waals surface area contributed by atoms with Crippen molar-refractivity contribution < 1.29 is 9.47 Å². The minimum Gasteiger partial charge on any atom is -0.497 e. The highest BCUT2D eigenvalue weighted by molar-refractivity contribution is 6.30. The van der Waals surface area contributed by atoms with E-state index < -0.39 is 5.92 Å². The maximum atomic E-state index is 9.71. The van der Waals surface area contributed by atoms with Gasteiger partial charge in [0.05, 0.1) is 24.3 Å². The fourth-order valence-corrected chi connectivity index (χ4v) is 3.36. The van der Waals surface area contributed by atoms with Crippen molar-refractivity contribution in [3.05, 3.63) is 76.1 Å². The van der Waals surface area contributed by atoms with Crippen LogP contribution in [-0.4, -0.2) is 17.3 Å². The first kappa shape index (κ1) is 17.0. The van der Waals surface area contributed by atoms with Gasteiger partial charge in [0.15, 0.2) is 0 Å². The van der Waals surface area contributed by atoms with E-state index in [-0.39, 0.29) is 5.88 Å². The number of H-pyrrole nitrogens is 1. The average molecular weight is 379 g/mol. The third-order valence-electron chi connectivity index (χ3n) is 4.50. The number of aromatic amines is 1. The molecule has 1 aliphatic heterocycles. The van der Waals surface area contributed by atoms with Gasteiger partial charge in [-0.1, -0.05) is 35.9 Å². The zero-order valence-corrected chi connectivity index (χ0v) is 15.1. The van der Waals surface area contributed by atoms with Crippen LogP contribution in [0.5, 0.6) is 11.6 Å². The molecule has 0 amide bonds. The molecule has 27 heavy (non-hydrogen) atoms. The van der Waals surface area contributed by atoms with Crippen molar-refractivity contribution in [3.8, 4) is 29.0 Å². The first-order valence-corrected chi connectivity index (χ1v) is 8.56. The maximum Gasteiger partial charge on any atom is 0.244 e. The second-order valence-corrected chi connectivity index (χ2v) is 6.46. The van der Waals surface area contributed by atoms with Crippen LogP contribution in [0.2, 0.25) is 5.02 Å². The number of hydrogen-bond acceptors (Lipinski definition) is 5. The van der Waals surface area contributed by atoms with E-state index in [2.05, 4.69) is 16.3 Å². The normalized spacial score (nSPS) is 15.7. The summed E-state index contributed by atoms with van der Waals surface area (Å²) in [6.45, 7) is 0. The Hall–Kier alpha value is -3.43. The summed E-state index contributed by atoms with van der Waals surface area (Å²) in [7, 11) is 1.61. The van der Waals surface area contributed by atoms with Crippen LogP contribution in [0, 0.1) is 11.3 Å². The van der Waals surface area contributed by atoms with Gasteiger partial charge in [-0.05, 0) is 29.8 Å². The Morgan fingerprint density at radius 1 is 1.26 bits per heavy atom. The van der Waals surface area contributed by atoms with Crippen LogP contribution in [0.1, 0.15) is 17.0 Å². The van der Waals surface area contributed by atoms with Crippen molar-refractivity contribution in [1.29, 1.82) is 5.26 Å². The summed E-state index contributed by atoms with van der Waals surface area (Å²) < 4.78 is 10.9. The van der Waals surface area contributed by atoms with Gasteiger partial charge in [-0.2, -0.15) is 5.26 Å². The highest BCUT2D eigenvalue weighted by atomic mass is 35.5. The number of allylic oxidation sites excluding steroid dienone is 1. The number of nitriles is 1. The second-order valence-electron chi connectivity index (χ2n) is 6.03. The van der Waals surface area contributed by atoms with Crippen LogP contribution in [0.3, 0.4) is 0 Å². The van der Waals surface area contributed by atoms with Crippen LogP contribution in [0.25, 0.3) is 11.3 Å². The standard InChI is InChI=1S/C20H15ClN4O2/c1-26-14-4-2-3-12(9-14)18-17-16(11-5-7-13(21)8-6-11)15(10-22)19(23)27-20(17)25-24-18/h2-9,16H,23H2,1H3,(H,24,25)/t16-/m0/s1. The van der Waals surface area contributed by atoms with E-state index >= 15 is 0 Å². The van der Waals surface area contributed by atoms with Gasteiger partial charge in [0.1, 0.15) is 17.4 Å². The van der Waals surface area contributed by atoms with E-state index in [1.165, 1.54) is 0 Å². The number of aromatic nitrogens is 2. The van der Waals surface area contributed by atoms with E-state index in [0.29, 0.717) is 22.2 Å². The molecular formula is C20H15ClN4O2. The van der Waals surface area contributed by atoms with Gasteiger partial charge in [-0.15, -0.1) is 5.10 Å². The summed E-state index contributed by atoms with van der Waals surface area (Å²) >= 11 is 6.03. The Morgan fingerprint density at radius 3 is 2.74 bits per heavy atom. The summed E-state index contributed by atoms with van der Waals surface area (Å²) in [6.07, 6.45) is 0. The summed E-state index contributed by atoms with van der Waals surface area (Å²) in [5.74, 6) is 0.695. The number of ether oxygens (including phenoxy) is 2. The minimum absolute atomic E-state index is 0.0497. The Balaban J connectivity index is 1.93. The van der Waals surface area contributed by atoms with E-state index in [0.717, 1.165) is 22.4 Å². The molecule has 6 nitrogen and oxygen atoms in total. The lowest BCUT2D eigenvalue weighted by Crippen LogP contribution is -2.20. The first-order chi connectivity index (χ1) is 13.1. The van der Waals surface area contributed by atoms with E-state index in [9.17, 15) is 5.26 Å². The average Bonchev–Trinajstić information content (AvgIpc) is 3.11. The first-order valence-electron chi connectivity index (χ1n) is 8.18. The third kappa shape index (κ3) is 2.88. The number of nitrogens with zero attached hydrogens (tertiary/aromatic N) is 2. The number of nitrogens with one attached hydrogen (secondary N) is 1. The smallest absolute Gasteiger partial charge is 0.244 e. The topological polar surface area (TPSA) is 97.0 Å². The fraction of sp³-hybridized carbons (Fsp3) is 0.100. The molecule has 0 radical (unpaired) electrons. The fourth-order valence-electron chi connectivity index (χ4n) is 3.23. The second kappa shape index (κ2) is 6.71. The number of benzene rings is 2. The molecule has 0 aliphatic carbocycles. The van der Waals surface area contributed by atoms with Gasteiger partial charge in [-0.25, -0.2) is 0 Å². The Bertz CT molecular complexity index is 1080. The van der Waals surface area contributed by atoms with Gasteiger partial charge in [0.2, 0.25) is 11.8 Å². The highest BCUT2D eigenvalue weighted by Crippen LogP contribution is 2.45. The molecule has 1 aromatic heterocycles. The number of nitrogens with two attached hydrogens (primary N) is 1. The van der Waals surface area contributed by atoms with Gasteiger partial charge < -0.3 is 15.2 Å². The molecular weight excluding hydrogens is 364 g/mol. The van der Waals surface area contributed by atoms with Crippen LogP contribution in [-0.2, 0) is 0 Å². The molecule has 1 atom stereocenters. The van der Waals surface area contributed by atoms with Crippen molar-refractivity contribution in [1.82, 2.24) is 10.2 Å². The summed E-state index contributed by atoms with van der Waals surface area (Å²) in [5.41, 5.74) is 9.54. The molecule has 134 valence electrons. The van der Waals surface area contributed by atoms with Gasteiger partial charge in [0.25, 0.3) is 0 Å². The van der Waals surface area contributed by atoms with Crippen molar-refractivity contribution in [3.63, 3.8) is 0 Å². The van der Waals surface area contributed by atoms with Crippen LogP contribution < -0.4 is 15.2 Å². The monoisotopic (exact) mass is 378 g/mol. The summed E-state index contributed by atoms with van der Waals surface area (Å²) in [4.78, 5) is 0. The SMILES string of the molecule is COc1cccc(-c2[nH]nc3c2[C@@H](c2ccc(Cl)cc2)C(C#N)=C(N)O3)c1. The molecule has 0 fully saturated rings. The molecule has 0 bridgehead atoms. The van der Waals surface area contributed by atoms with Gasteiger partial charge >= 0.3 is 0 Å². The van der Waals surface area contributed by atoms with Crippen molar-refractivity contribution >= 4 is 11.6 Å². The van der Waals surface area contributed by atoms with Crippen LogP contribution >= 0.6 is 11.6 Å². The lowest BCUT2D eigenvalue weighted by Gasteiger charge is -2.24. The van der Waals surface area contributed by atoms with E-state index in [1.54, 1.807) is 19.2 Å². The van der Waals surface area contributed by atoms with Crippen LogP contribution in [0.15, 0.2) is 60.0 Å². The number of fused-ring (bicyclic) bond motifs is 1. The quantitative estimate of drug-likeness (QED) is 0.719. The van der Waals surface area contributed by atoms with Crippen LogP contribution in [0.4, 0.5) is 0 Å². The van der Waals surface area contributed by atoms with Crippen molar-refractivity contribution in [2.45, 2.75) is 5.92 Å². The van der Waals surface area contributed by atoms with Gasteiger partial charge in [0, 0.05) is 10.6 Å². The highest BCUT2D eigenvalue weighted by Gasteiger charge is 2.35. The molecule has 3 N–H and O–H groups in total. The molecule has 7 heteroatoms. The number of halogens is 1. The lowest BCUT2D eigenvalue weighted by molar-refractivity contribution is 0.379. The Morgan fingerprint density at radius 2 is 2.04 bits per heavy atom. The predicted octanol–water partition coefficient (Wildman–Crippen LogP) is 3.96. The molecule has 3 aromatic rings. The zero-order chi connectivity index (χ0) is 19.0. The van der Waals surface area contributed by atoms with E-state index in [1.807, 2.05) is 36.4 Å². The molecule has 1 aliphatic rings. The largest absolute Gasteiger partial charge is 0.497 e. The molecule has 0 saturated heterocycles. The number of methoxy groups -OCH3 is 1. The minimum atomic E-state index is -0.420. The molecule has 0 unspecified atom stereocenters. The molecule has 0 saturated carbocycles. The third-order valence-corrected chi connectivity index (χ3v) is 4.75. The van der Waals surface area contributed by atoms with E-state index in [4.69, 9.17) is 26.8 Å². The summed E-state index contributed by atoms with van der Waals surface area (Å²) in [6, 6.07) is 17.0. The molecule has 4 rings (SSSR count). The Labute approximate surface area is 160 Å². The number of hydrogen-bond donors (Lipinski definition) is 2. The maximum absolute atomic E-state index is 9.71. The summed E-state index contributed by atoms with van der Waals surface area (Å²) in [5, 5.41) is 17.6.